The van der Waals surface area contributed by atoms with Gasteiger partial charge in [0, 0.05) is 12.1 Å². The van der Waals surface area contributed by atoms with E-state index in [0.717, 1.165) is 29.4 Å². The van der Waals surface area contributed by atoms with E-state index < -0.39 is 0 Å². The first kappa shape index (κ1) is 12.8. The number of hydrogen-bond donors (Lipinski definition) is 1. The van der Waals surface area contributed by atoms with Gasteiger partial charge >= 0.3 is 0 Å². The molecule has 96 valence electrons. The van der Waals surface area contributed by atoms with Gasteiger partial charge in [0.05, 0.1) is 17.8 Å². The van der Waals surface area contributed by atoms with E-state index in [9.17, 15) is 0 Å². The van der Waals surface area contributed by atoms with Crippen LogP contribution in [0.25, 0.3) is 11.3 Å². The molecule has 0 bridgehead atoms. The molecular weight excluding hydrogens is 246 g/mol. The van der Waals surface area contributed by atoms with Crippen LogP contribution in [0, 0.1) is 0 Å². The third-order valence-corrected chi connectivity index (χ3v) is 2.84. The molecule has 4 nitrogen and oxygen atoms in total. The van der Waals surface area contributed by atoms with Crippen LogP contribution >= 0.6 is 11.7 Å². The van der Waals surface area contributed by atoms with Gasteiger partial charge in [-0.1, -0.05) is 12.1 Å². The van der Waals surface area contributed by atoms with Gasteiger partial charge in [-0.2, -0.15) is 8.75 Å². The first-order valence-electron chi connectivity index (χ1n) is 6.04. The highest BCUT2D eigenvalue weighted by atomic mass is 32.1. The summed E-state index contributed by atoms with van der Waals surface area (Å²) in [6.45, 7) is 6.91. The third kappa shape index (κ3) is 2.98. The summed E-state index contributed by atoms with van der Waals surface area (Å²) in [7, 11) is 0. The van der Waals surface area contributed by atoms with Crippen LogP contribution in [0.2, 0.25) is 0 Å². The van der Waals surface area contributed by atoms with Gasteiger partial charge in [0.1, 0.15) is 11.4 Å². The molecule has 1 aromatic heterocycles. The zero-order chi connectivity index (χ0) is 13.0. The molecule has 0 unspecified atom stereocenters. The van der Waals surface area contributed by atoms with E-state index in [0.29, 0.717) is 0 Å². The lowest BCUT2D eigenvalue weighted by Gasteiger charge is -2.10. The summed E-state index contributed by atoms with van der Waals surface area (Å²) in [5, 5.41) is 3.21. The Kier molecular flexibility index (Phi) is 4.15. The van der Waals surface area contributed by atoms with Crippen LogP contribution in [0.1, 0.15) is 20.8 Å². The van der Waals surface area contributed by atoms with Gasteiger partial charge in [0.15, 0.2) is 5.82 Å². The zero-order valence-corrected chi connectivity index (χ0v) is 11.6. The first-order valence-corrected chi connectivity index (χ1v) is 6.77. The van der Waals surface area contributed by atoms with Crippen molar-refractivity contribution in [3.05, 3.63) is 24.3 Å². The van der Waals surface area contributed by atoms with E-state index in [1.807, 2.05) is 45.0 Å². The summed E-state index contributed by atoms with van der Waals surface area (Å²) < 4.78 is 14.3. The Labute approximate surface area is 111 Å². The van der Waals surface area contributed by atoms with Crippen molar-refractivity contribution in [3.63, 3.8) is 0 Å². The van der Waals surface area contributed by atoms with Gasteiger partial charge in [-0.05, 0) is 32.9 Å². The zero-order valence-electron chi connectivity index (χ0n) is 10.8. The third-order valence-electron chi connectivity index (χ3n) is 2.31. The molecule has 0 saturated carbocycles. The Balaban J connectivity index is 2.29. The summed E-state index contributed by atoms with van der Waals surface area (Å²) in [6, 6.07) is 7.95. The van der Waals surface area contributed by atoms with Crippen molar-refractivity contribution in [3.8, 4) is 17.0 Å². The second kappa shape index (κ2) is 5.82. The Morgan fingerprint density at radius 1 is 1.33 bits per heavy atom. The van der Waals surface area contributed by atoms with Crippen molar-refractivity contribution in [1.82, 2.24) is 8.75 Å². The minimum Gasteiger partial charge on any atom is -0.491 e. The van der Waals surface area contributed by atoms with Gasteiger partial charge in [0.25, 0.3) is 0 Å². The topological polar surface area (TPSA) is 47.0 Å². The second-order valence-electron chi connectivity index (χ2n) is 4.19. The summed E-state index contributed by atoms with van der Waals surface area (Å²) in [5.74, 6) is 1.70. The molecule has 1 aromatic carbocycles. The summed E-state index contributed by atoms with van der Waals surface area (Å²) >= 11 is 1.22. The van der Waals surface area contributed by atoms with Gasteiger partial charge < -0.3 is 10.1 Å². The average molecular weight is 263 g/mol. The second-order valence-corrected chi connectivity index (χ2v) is 4.71. The van der Waals surface area contributed by atoms with Crippen LogP contribution in [-0.4, -0.2) is 21.4 Å². The van der Waals surface area contributed by atoms with Crippen molar-refractivity contribution in [2.45, 2.75) is 26.9 Å². The molecule has 0 atom stereocenters. The number of ether oxygens (including phenoxy) is 1. The van der Waals surface area contributed by atoms with E-state index in [1.54, 1.807) is 0 Å². The van der Waals surface area contributed by atoms with Gasteiger partial charge in [-0.3, -0.25) is 0 Å². The molecule has 0 fully saturated rings. The molecule has 0 spiro atoms. The molecule has 0 aliphatic heterocycles. The number of benzene rings is 1. The Hall–Kier alpha value is -1.62. The molecule has 0 aliphatic carbocycles. The SMILES string of the molecule is CCNc1nsnc1-c1cccc(OC(C)C)c1. The van der Waals surface area contributed by atoms with Gasteiger partial charge in [-0.25, -0.2) is 0 Å². The lowest BCUT2D eigenvalue weighted by Crippen LogP contribution is -2.05. The Morgan fingerprint density at radius 2 is 2.17 bits per heavy atom. The summed E-state index contributed by atoms with van der Waals surface area (Å²) in [5.41, 5.74) is 1.91. The molecule has 5 heteroatoms. The number of rotatable bonds is 5. The van der Waals surface area contributed by atoms with Crippen LogP contribution in [0.15, 0.2) is 24.3 Å². The van der Waals surface area contributed by atoms with Crippen LogP contribution < -0.4 is 10.1 Å². The molecular formula is C13H17N3OS. The quantitative estimate of drug-likeness (QED) is 0.898. The lowest BCUT2D eigenvalue weighted by atomic mass is 10.1. The van der Waals surface area contributed by atoms with E-state index in [4.69, 9.17) is 4.74 Å². The van der Waals surface area contributed by atoms with Crippen LogP contribution in [0.4, 0.5) is 5.82 Å². The normalized spacial score (nSPS) is 10.7. The van der Waals surface area contributed by atoms with Crippen LogP contribution in [-0.2, 0) is 0 Å². The van der Waals surface area contributed by atoms with Crippen molar-refractivity contribution >= 4 is 17.5 Å². The number of aromatic nitrogens is 2. The maximum absolute atomic E-state index is 5.69. The lowest BCUT2D eigenvalue weighted by molar-refractivity contribution is 0.242. The average Bonchev–Trinajstić information content (AvgIpc) is 2.77. The van der Waals surface area contributed by atoms with Crippen molar-refractivity contribution < 1.29 is 4.74 Å². The predicted molar refractivity (Wildman–Crippen MR) is 75.3 cm³/mol. The van der Waals surface area contributed by atoms with Gasteiger partial charge in [-0.15, -0.1) is 0 Å². The van der Waals surface area contributed by atoms with Crippen LogP contribution in [0.5, 0.6) is 5.75 Å². The summed E-state index contributed by atoms with van der Waals surface area (Å²) in [6.07, 6.45) is 0.169. The number of nitrogens with one attached hydrogen (secondary N) is 1. The fourth-order valence-corrected chi connectivity index (χ4v) is 2.20. The molecule has 18 heavy (non-hydrogen) atoms. The minimum absolute atomic E-state index is 0.169. The molecule has 2 aromatic rings. The van der Waals surface area contributed by atoms with Crippen molar-refractivity contribution in [1.29, 1.82) is 0 Å². The maximum Gasteiger partial charge on any atom is 0.168 e. The molecule has 0 amide bonds. The number of nitrogens with zero attached hydrogens (tertiary/aromatic N) is 2. The van der Waals surface area contributed by atoms with E-state index in [2.05, 4.69) is 14.1 Å². The molecule has 0 saturated heterocycles. The minimum atomic E-state index is 0.169. The highest BCUT2D eigenvalue weighted by Gasteiger charge is 2.10. The summed E-state index contributed by atoms with van der Waals surface area (Å²) in [4.78, 5) is 0. The molecule has 1 heterocycles. The number of hydrogen-bond acceptors (Lipinski definition) is 5. The largest absolute Gasteiger partial charge is 0.491 e. The maximum atomic E-state index is 5.69. The smallest absolute Gasteiger partial charge is 0.168 e. The Morgan fingerprint density at radius 3 is 2.89 bits per heavy atom. The van der Waals surface area contributed by atoms with Gasteiger partial charge in [0.2, 0.25) is 0 Å². The monoisotopic (exact) mass is 263 g/mol. The fourth-order valence-electron chi connectivity index (χ4n) is 1.65. The standard InChI is InChI=1S/C13H17N3OS/c1-4-14-13-12(15-18-16-13)10-6-5-7-11(8-10)17-9(2)3/h5-9H,4H2,1-3H3,(H,14,16). The van der Waals surface area contributed by atoms with E-state index >= 15 is 0 Å². The highest BCUT2D eigenvalue weighted by Crippen LogP contribution is 2.28. The highest BCUT2D eigenvalue weighted by molar-refractivity contribution is 6.99. The Bertz CT molecular complexity index is 510. The number of anilines is 1. The predicted octanol–water partition coefficient (Wildman–Crippen LogP) is 3.42. The van der Waals surface area contributed by atoms with Crippen molar-refractivity contribution in [2.24, 2.45) is 0 Å². The first-order chi connectivity index (χ1) is 8.70. The van der Waals surface area contributed by atoms with Crippen molar-refractivity contribution in [2.75, 3.05) is 11.9 Å². The molecule has 2 rings (SSSR count). The van der Waals surface area contributed by atoms with E-state index in [-0.39, 0.29) is 6.10 Å². The molecule has 0 aliphatic rings. The molecule has 0 radical (unpaired) electrons. The molecule has 1 N–H and O–H groups in total. The van der Waals surface area contributed by atoms with Crippen LogP contribution in [0.3, 0.4) is 0 Å². The van der Waals surface area contributed by atoms with E-state index in [1.165, 1.54) is 11.7 Å². The fraction of sp³-hybridized carbons (Fsp3) is 0.385.